The molecule has 0 unspecified atom stereocenters. The van der Waals surface area contributed by atoms with Crippen LogP contribution in [0.2, 0.25) is 0 Å². The van der Waals surface area contributed by atoms with Crippen LogP contribution in [-0.4, -0.2) is 12.6 Å². The Kier molecular flexibility index (Phi) is 5.86. The van der Waals surface area contributed by atoms with Crippen LogP contribution in [0, 0.1) is 5.82 Å². The van der Waals surface area contributed by atoms with Gasteiger partial charge in [0.2, 0.25) is 0 Å². The summed E-state index contributed by atoms with van der Waals surface area (Å²) in [6.45, 7) is 11.0. The average molecular weight is 251 g/mol. The first-order valence-corrected chi connectivity index (χ1v) is 6.28. The Morgan fingerprint density at radius 1 is 1.44 bits per heavy atom. The maximum atomic E-state index is 13.7. The topological polar surface area (TPSA) is 21.3 Å². The van der Waals surface area contributed by atoms with E-state index in [2.05, 4.69) is 25.7 Å². The molecule has 0 spiro atoms. The van der Waals surface area contributed by atoms with E-state index in [0.29, 0.717) is 24.9 Å². The van der Waals surface area contributed by atoms with Crippen LogP contribution in [-0.2, 0) is 6.54 Å². The summed E-state index contributed by atoms with van der Waals surface area (Å²) < 4.78 is 19.1. The van der Waals surface area contributed by atoms with Gasteiger partial charge in [-0.1, -0.05) is 25.5 Å². The van der Waals surface area contributed by atoms with Crippen molar-refractivity contribution >= 4 is 0 Å². The summed E-state index contributed by atoms with van der Waals surface area (Å²) in [5, 5.41) is 3.25. The second-order valence-electron chi connectivity index (χ2n) is 4.86. The van der Waals surface area contributed by atoms with Gasteiger partial charge in [-0.25, -0.2) is 4.39 Å². The van der Waals surface area contributed by atoms with E-state index in [1.165, 1.54) is 6.07 Å². The van der Waals surface area contributed by atoms with Gasteiger partial charge in [-0.3, -0.25) is 0 Å². The quantitative estimate of drug-likeness (QED) is 0.747. The Hall–Kier alpha value is -1.35. The average Bonchev–Trinajstić information content (AvgIpc) is 2.28. The smallest absolute Gasteiger partial charge is 0.165 e. The van der Waals surface area contributed by atoms with Gasteiger partial charge in [0.1, 0.15) is 0 Å². The summed E-state index contributed by atoms with van der Waals surface area (Å²) >= 11 is 0. The van der Waals surface area contributed by atoms with Crippen LogP contribution in [0.25, 0.3) is 0 Å². The molecule has 100 valence electrons. The fourth-order valence-corrected chi connectivity index (χ4v) is 1.43. The lowest BCUT2D eigenvalue weighted by Crippen LogP contribution is -2.21. The molecule has 2 nitrogen and oxygen atoms in total. The molecular weight excluding hydrogens is 229 g/mol. The first-order valence-electron chi connectivity index (χ1n) is 6.28. The number of benzene rings is 1. The zero-order valence-electron chi connectivity index (χ0n) is 11.4. The Labute approximate surface area is 109 Å². The minimum atomic E-state index is -0.306. The molecule has 3 heteroatoms. The van der Waals surface area contributed by atoms with Crippen molar-refractivity contribution in [1.29, 1.82) is 0 Å². The van der Waals surface area contributed by atoms with Crippen molar-refractivity contribution in [3.8, 4) is 5.75 Å². The highest BCUT2D eigenvalue weighted by Gasteiger charge is 2.05. The number of hydrogen-bond donors (Lipinski definition) is 1. The van der Waals surface area contributed by atoms with Crippen molar-refractivity contribution in [3.05, 3.63) is 41.7 Å². The predicted molar refractivity (Wildman–Crippen MR) is 73.3 cm³/mol. The lowest BCUT2D eigenvalue weighted by molar-refractivity contribution is 0.305. The molecule has 1 aromatic carbocycles. The molecule has 1 aromatic rings. The van der Waals surface area contributed by atoms with Gasteiger partial charge in [0.05, 0.1) is 6.61 Å². The molecule has 0 aromatic heterocycles. The number of hydrogen-bond acceptors (Lipinski definition) is 2. The van der Waals surface area contributed by atoms with Crippen LogP contribution in [0.4, 0.5) is 4.39 Å². The van der Waals surface area contributed by atoms with Crippen molar-refractivity contribution in [1.82, 2.24) is 5.32 Å². The van der Waals surface area contributed by atoms with Gasteiger partial charge in [0.25, 0.3) is 0 Å². The molecule has 0 saturated carbocycles. The number of halogens is 1. The summed E-state index contributed by atoms with van der Waals surface area (Å²) in [4.78, 5) is 0. The van der Waals surface area contributed by atoms with Crippen LogP contribution >= 0.6 is 0 Å². The van der Waals surface area contributed by atoms with Crippen molar-refractivity contribution in [2.45, 2.75) is 39.8 Å². The Bertz CT molecular complexity index is 401. The van der Waals surface area contributed by atoms with Gasteiger partial charge in [-0.05, 0) is 24.6 Å². The molecule has 0 radical (unpaired) electrons. The van der Waals surface area contributed by atoms with Gasteiger partial charge < -0.3 is 10.1 Å². The zero-order chi connectivity index (χ0) is 13.5. The van der Waals surface area contributed by atoms with Crippen molar-refractivity contribution in [3.63, 3.8) is 0 Å². The second-order valence-corrected chi connectivity index (χ2v) is 4.86. The lowest BCUT2D eigenvalue weighted by Gasteiger charge is -2.10. The van der Waals surface area contributed by atoms with E-state index >= 15 is 0 Å². The number of ether oxygens (including phenoxy) is 1. The monoisotopic (exact) mass is 251 g/mol. The molecule has 0 aliphatic heterocycles. The summed E-state index contributed by atoms with van der Waals surface area (Å²) in [7, 11) is 0. The second kappa shape index (κ2) is 7.17. The van der Waals surface area contributed by atoms with Gasteiger partial charge >= 0.3 is 0 Å². The molecule has 1 N–H and O–H groups in total. The molecule has 0 fully saturated rings. The third-order valence-corrected chi connectivity index (χ3v) is 2.50. The summed E-state index contributed by atoms with van der Waals surface area (Å²) in [6.07, 6.45) is 0.746. The first kappa shape index (κ1) is 14.7. The number of nitrogens with one attached hydrogen (secondary N) is 1. The summed E-state index contributed by atoms with van der Waals surface area (Å²) in [5.41, 5.74) is 1.96. The molecular formula is C15H22FNO. The van der Waals surface area contributed by atoms with Crippen molar-refractivity contribution in [2.24, 2.45) is 0 Å². The molecule has 0 aliphatic rings. The maximum Gasteiger partial charge on any atom is 0.165 e. The molecule has 18 heavy (non-hydrogen) atoms. The highest BCUT2D eigenvalue weighted by molar-refractivity contribution is 5.29. The van der Waals surface area contributed by atoms with Gasteiger partial charge in [-0.2, -0.15) is 0 Å². The third-order valence-electron chi connectivity index (χ3n) is 2.50. The van der Waals surface area contributed by atoms with Crippen molar-refractivity contribution in [2.75, 3.05) is 6.61 Å². The Morgan fingerprint density at radius 2 is 2.17 bits per heavy atom. The van der Waals surface area contributed by atoms with E-state index in [-0.39, 0.29) is 5.82 Å². The summed E-state index contributed by atoms with van der Waals surface area (Å²) in [5.74, 6) is 0.00400. The van der Waals surface area contributed by atoms with E-state index in [9.17, 15) is 4.39 Å². The zero-order valence-corrected chi connectivity index (χ0v) is 11.4. The van der Waals surface area contributed by atoms with Crippen LogP contribution in [0.1, 0.15) is 32.8 Å². The SMILES string of the molecule is C=C(C)CCOc1ccc(CNC(C)C)cc1F. The maximum absolute atomic E-state index is 13.7. The van der Waals surface area contributed by atoms with Gasteiger partial charge in [-0.15, -0.1) is 6.58 Å². The van der Waals surface area contributed by atoms with Crippen LogP contribution in [0.15, 0.2) is 30.4 Å². The van der Waals surface area contributed by atoms with E-state index in [4.69, 9.17) is 4.74 Å². The third kappa shape index (κ3) is 5.32. The minimum absolute atomic E-state index is 0.306. The standard InChI is InChI=1S/C15H22FNO/c1-11(2)7-8-18-15-6-5-13(9-14(15)16)10-17-12(3)4/h5-6,9,12,17H,1,7-8,10H2,2-4H3. The molecule has 0 amide bonds. The molecule has 0 saturated heterocycles. The fraction of sp³-hybridized carbons (Fsp3) is 0.467. The predicted octanol–water partition coefficient (Wildman–Crippen LogP) is 3.67. The van der Waals surface area contributed by atoms with E-state index < -0.39 is 0 Å². The molecule has 1 rings (SSSR count). The first-order chi connectivity index (χ1) is 8.49. The van der Waals surface area contributed by atoms with E-state index in [1.807, 2.05) is 13.0 Å². The van der Waals surface area contributed by atoms with Gasteiger partial charge in [0, 0.05) is 19.0 Å². The van der Waals surface area contributed by atoms with Crippen LogP contribution < -0.4 is 10.1 Å². The van der Waals surface area contributed by atoms with E-state index in [1.54, 1.807) is 6.07 Å². The summed E-state index contributed by atoms with van der Waals surface area (Å²) in [6, 6.07) is 5.48. The van der Waals surface area contributed by atoms with E-state index in [0.717, 1.165) is 17.6 Å². The molecule has 0 bridgehead atoms. The molecule has 0 atom stereocenters. The molecule has 0 heterocycles. The largest absolute Gasteiger partial charge is 0.490 e. The van der Waals surface area contributed by atoms with Crippen LogP contribution in [0.5, 0.6) is 5.75 Å². The fourth-order valence-electron chi connectivity index (χ4n) is 1.43. The normalized spacial score (nSPS) is 10.7. The number of rotatable bonds is 7. The molecule has 0 aliphatic carbocycles. The highest BCUT2D eigenvalue weighted by Crippen LogP contribution is 2.19. The lowest BCUT2D eigenvalue weighted by atomic mass is 10.2. The minimum Gasteiger partial charge on any atom is -0.490 e. The highest BCUT2D eigenvalue weighted by atomic mass is 19.1. The Balaban J connectivity index is 2.53. The van der Waals surface area contributed by atoms with Gasteiger partial charge in [0.15, 0.2) is 11.6 Å². The van der Waals surface area contributed by atoms with Crippen LogP contribution in [0.3, 0.4) is 0 Å². The van der Waals surface area contributed by atoms with Crippen molar-refractivity contribution < 1.29 is 9.13 Å². The Morgan fingerprint density at radius 3 is 2.72 bits per heavy atom.